The molecule has 1 heterocycles. The van der Waals surface area contributed by atoms with Gasteiger partial charge in [-0.3, -0.25) is 0 Å². The van der Waals surface area contributed by atoms with Crippen LogP contribution in [0.1, 0.15) is 0 Å². The van der Waals surface area contributed by atoms with Crippen LogP contribution >= 0.6 is 22.3 Å². The number of nitrogens with zero attached hydrogens (tertiary/aromatic N) is 1. The van der Waals surface area contributed by atoms with Gasteiger partial charge < -0.3 is 4.74 Å². The molecule has 0 radical (unpaired) electrons. The van der Waals surface area contributed by atoms with Gasteiger partial charge in [-0.25, -0.2) is 17.8 Å². The summed E-state index contributed by atoms with van der Waals surface area (Å²) in [6.45, 7) is 0. The van der Waals surface area contributed by atoms with Crippen LogP contribution in [0.3, 0.4) is 0 Å². The van der Waals surface area contributed by atoms with Gasteiger partial charge in [0, 0.05) is 16.7 Å². The standard InChI is InChI=1S/C11H6Cl2FNO3S/c12-9-5-7(14)1-3-10(9)18-11-4-2-8(6-15-11)19(13,16)17/h1-6H. The molecule has 0 unspecified atom stereocenters. The third-order valence-electron chi connectivity index (χ3n) is 2.10. The van der Waals surface area contributed by atoms with Crippen LogP contribution in [-0.4, -0.2) is 13.4 Å². The Kier molecular flexibility index (Phi) is 3.93. The van der Waals surface area contributed by atoms with Crippen molar-refractivity contribution in [3.8, 4) is 11.6 Å². The van der Waals surface area contributed by atoms with E-state index in [1.807, 2.05) is 0 Å². The fourth-order valence-electron chi connectivity index (χ4n) is 1.24. The Balaban J connectivity index is 2.25. The molecular formula is C11H6Cl2FNO3S. The molecule has 0 N–H and O–H groups in total. The lowest BCUT2D eigenvalue weighted by molar-refractivity contribution is 0.460. The molecule has 0 aliphatic heterocycles. The van der Waals surface area contributed by atoms with Crippen molar-refractivity contribution in [3.05, 3.63) is 47.4 Å². The first-order chi connectivity index (χ1) is 8.86. The minimum absolute atomic E-state index is 0.0795. The molecule has 0 aliphatic rings. The van der Waals surface area contributed by atoms with Gasteiger partial charge in [0.05, 0.1) is 11.2 Å². The van der Waals surface area contributed by atoms with Crippen LogP contribution in [0.15, 0.2) is 41.4 Å². The summed E-state index contributed by atoms with van der Waals surface area (Å²) in [4.78, 5) is 3.62. The van der Waals surface area contributed by atoms with Crippen molar-refractivity contribution >= 4 is 31.3 Å². The maximum Gasteiger partial charge on any atom is 0.262 e. The fraction of sp³-hybridized carbons (Fsp3) is 0. The van der Waals surface area contributed by atoms with Gasteiger partial charge in [-0.15, -0.1) is 0 Å². The highest BCUT2D eigenvalue weighted by Gasteiger charge is 2.11. The first-order valence-corrected chi connectivity index (χ1v) is 7.58. The van der Waals surface area contributed by atoms with E-state index in [1.54, 1.807) is 0 Å². The first kappa shape index (κ1) is 14.0. The third kappa shape index (κ3) is 3.56. The van der Waals surface area contributed by atoms with Crippen molar-refractivity contribution in [1.29, 1.82) is 0 Å². The minimum Gasteiger partial charge on any atom is -0.437 e. The highest BCUT2D eigenvalue weighted by Crippen LogP contribution is 2.29. The van der Waals surface area contributed by atoms with Crippen molar-refractivity contribution in [1.82, 2.24) is 4.98 Å². The van der Waals surface area contributed by atoms with Crippen molar-refractivity contribution < 1.29 is 17.5 Å². The number of hydrogen-bond donors (Lipinski definition) is 0. The van der Waals surface area contributed by atoms with Crippen LogP contribution in [-0.2, 0) is 9.05 Å². The van der Waals surface area contributed by atoms with Gasteiger partial charge in [-0.1, -0.05) is 11.6 Å². The Morgan fingerprint density at radius 1 is 1.21 bits per heavy atom. The maximum absolute atomic E-state index is 12.8. The van der Waals surface area contributed by atoms with Crippen LogP contribution in [0.4, 0.5) is 4.39 Å². The van der Waals surface area contributed by atoms with E-state index in [9.17, 15) is 12.8 Å². The van der Waals surface area contributed by atoms with E-state index in [2.05, 4.69) is 4.98 Å². The summed E-state index contributed by atoms with van der Waals surface area (Å²) < 4.78 is 40.1. The predicted octanol–water partition coefficient (Wildman–Crippen LogP) is 3.59. The van der Waals surface area contributed by atoms with Gasteiger partial charge in [0.2, 0.25) is 5.88 Å². The molecule has 0 aliphatic carbocycles. The quantitative estimate of drug-likeness (QED) is 0.810. The Morgan fingerprint density at radius 3 is 2.47 bits per heavy atom. The molecule has 0 amide bonds. The number of rotatable bonds is 3. The molecule has 2 aromatic rings. The van der Waals surface area contributed by atoms with E-state index in [0.29, 0.717) is 0 Å². The first-order valence-electron chi connectivity index (χ1n) is 4.90. The van der Waals surface area contributed by atoms with Crippen LogP contribution < -0.4 is 4.74 Å². The van der Waals surface area contributed by atoms with E-state index in [1.165, 1.54) is 24.3 Å². The van der Waals surface area contributed by atoms with Crippen molar-refractivity contribution in [3.63, 3.8) is 0 Å². The third-order valence-corrected chi connectivity index (χ3v) is 3.73. The monoisotopic (exact) mass is 321 g/mol. The smallest absolute Gasteiger partial charge is 0.262 e. The van der Waals surface area contributed by atoms with E-state index >= 15 is 0 Å². The molecule has 4 nitrogen and oxygen atoms in total. The predicted molar refractivity (Wildman–Crippen MR) is 68.8 cm³/mol. The van der Waals surface area contributed by atoms with Gasteiger partial charge in [0.1, 0.15) is 16.5 Å². The molecule has 1 aromatic heterocycles. The molecular weight excluding hydrogens is 316 g/mol. The normalized spacial score (nSPS) is 11.3. The number of pyridine rings is 1. The number of ether oxygens (including phenoxy) is 1. The van der Waals surface area contributed by atoms with Gasteiger partial charge in [-0.05, 0) is 24.3 Å². The van der Waals surface area contributed by atoms with Crippen molar-refractivity contribution in [2.45, 2.75) is 4.90 Å². The van der Waals surface area contributed by atoms with Crippen molar-refractivity contribution in [2.24, 2.45) is 0 Å². The van der Waals surface area contributed by atoms with Crippen LogP contribution in [0.2, 0.25) is 5.02 Å². The van der Waals surface area contributed by atoms with Crippen LogP contribution in [0.5, 0.6) is 11.6 Å². The Hall–Kier alpha value is -1.37. The van der Waals surface area contributed by atoms with Gasteiger partial charge in [-0.2, -0.15) is 0 Å². The molecule has 0 spiro atoms. The minimum atomic E-state index is -3.83. The Labute approximate surface area is 118 Å². The average Bonchev–Trinajstić information content (AvgIpc) is 2.32. The second-order valence-electron chi connectivity index (χ2n) is 3.45. The zero-order valence-electron chi connectivity index (χ0n) is 9.18. The fourth-order valence-corrected chi connectivity index (χ4v) is 2.13. The molecule has 0 bridgehead atoms. The molecule has 100 valence electrons. The van der Waals surface area contributed by atoms with E-state index < -0.39 is 14.9 Å². The maximum atomic E-state index is 12.8. The van der Waals surface area contributed by atoms with E-state index in [4.69, 9.17) is 27.0 Å². The topological polar surface area (TPSA) is 56.3 Å². The summed E-state index contributed by atoms with van der Waals surface area (Å²) in [7, 11) is 1.31. The zero-order valence-corrected chi connectivity index (χ0v) is 11.5. The van der Waals surface area contributed by atoms with E-state index in [-0.39, 0.29) is 21.5 Å². The second kappa shape index (κ2) is 5.32. The summed E-state index contributed by atoms with van der Waals surface area (Å²) in [5.41, 5.74) is 0. The Bertz CT molecular complexity index is 704. The molecule has 0 fully saturated rings. The van der Waals surface area contributed by atoms with E-state index in [0.717, 1.165) is 12.3 Å². The number of hydrogen-bond acceptors (Lipinski definition) is 4. The second-order valence-corrected chi connectivity index (χ2v) is 6.42. The van der Waals surface area contributed by atoms with Gasteiger partial charge >= 0.3 is 0 Å². The summed E-state index contributed by atoms with van der Waals surface area (Å²) in [5.74, 6) is -0.177. The lowest BCUT2D eigenvalue weighted by Gasteiger charge is -2.06. The summed E-state index contributed by atoms with van der Waals surface area (Å²) in [6, 6.07) is 6.16. The van der Waals surface area contributed by atoms with Crippen LogP contribution in [0.25, 0.3) is 0 Å². The highest BCUT2D eigenvalue weighted by molar-refractivity contribution is 8.13. The molecule has 8 heteroatoms. The largest absolute Gasteiger partial charge is 0.437 e. The highest BCUT2D eigenvalue weighted by atomic mass is 35.7. The molecule has 0 saturated carbocycles. The lowest BCUT2D eigenvalue weighted by atomic mass is 10.3. The van der Waals surface area contributed by atoms with Crippen LogP contribution in [0, 0.1) is 5.82 Å². The summed E-state index contributed by atoms with van der Waals surface area (Å²) in [6.07, 6.45) is 1.05. The molecule has 1 aromatic carbocycles. The lowest BCUT2D eigenvalue weighted by Crippen LogP contribution is -1.94. The van der Waals surface area contributed by atoms with Gasteiger partial charge in [0.15, 0.2) is 0 Å². The SMILES string of the molecule is O=S(=O)(Cl)c1ccc(Oc2ccc(F)cc2Cl)nc1. The summed E-state index contributed by atoms with van der Waals surface area (Å²) >= 11 is 5.77. The Morgan fingerprint density at radius 2 is 1.95 bits per heavy atom. The van der Waals surface area contributed by atoms with Crippen molar-refractivity contribution in [2.75, 3.05) is 0 Å². The zero-order chi connectivity index (χ0) is 14.0. The molecule has 19 heavy (non-hydrogen) atoms. The number of aromatic nitrogens is 1. The molecule has 0 saturated heterocycles. The summed E-state index contributed by atoms with van der Waals surface area (Å²) in [5, 5.41) is 0.0795. The number of benzene rings is 1. The number of halogens is 3. The average molecular weight is 322 g/mol. The molecule has 2 rings (SSSR count). The van der Waals surface area contributed by atoms with Gasteiger partial charge in [0.25, 0.3) is 9.05 Å². The molecule has 0 atom stereocenters.